The molecule has 8 heteroatoms. The summed E-state index contributed by atoms with van der Waals surface area (Å²) in [6.45, 7) is 4.02. The number of piperidine rings is 1. The Hall–Kier alpha value is -2.58. The van der Waals surface area contributed by atoms with Gasteiger partial charge >= 0.3 is 5.97 Å². The van der Waals surface area contributed by atoms with Crippen LogP contribution < -0.4 is 9.47 Å². The molecule has 1 N–H and O–H groups in total. The van der Waals surface area contributed by atoms with Gasteiger partial charge in [-0.05, 0) is 61.2 Å². The molecule has 0 amide bonds. The molecule has 3 rings (SSSR count). The summed E-state index contributed by atoms with van der Waals surface area (Å²) in [5.74, 6) is 0.0612. The van der Waals surface area contributed by atoms with E-state index in [-0.39, 0.29) is 17.7 Å². The average molecular weight is 462 g/mol. The number of sulfone groups is 1. The van der Waals surface area contributed by atoms with Crippen LogP contribution in [0.15, 0.2) is 53.4 Å². The number of nitrogens with zero attached hydrogens (tertiary/aromatic N) is 1. The van der Waals surface area contributed by atoms with Crippen LogP contribution in [0.1, 0.15) is 38.2 Å². The van der Waals surface area contributed by atoms with Gasteiger partial charge in [0.2, 0.25) is 0 Å². The van der Waals surface area contributed by atoms with Crippen LogP contribution in [0.25, 0.3) is 0 Å². The number of carboxylic acids is 1. The minimum atomic E-state index is -4.07. The third kappa shape index (κ3) is 5.07. The number of carboxylic acid groups (broad SMARTS) is 1. The van der Waals surface area contributed by atoms with Gasteiger partial charge in [0.25, 0.3) is 0 Å². The van der Waals surface area contributed by atoms with Gasteiger partial charge in [-0.15, -0.1) is 0 Å². The Kier molecular flexibility index (Phi) is 7.79. The predicted octanol–water partition coefficient (Wildman–Crippen LogP) is 3.77. The molecule has 0 radical (unpaired) electrons. The predicted molar refractivity (Wildman–Crippen MR) is 122 cm³/mol. The molecule has 1 aliphatic rings. The van der Waals surface area contributed by atoms with Crippen LogP contribution in [-0.2, 0) is 21.2 Å². The molecule has 1 heterocycles. The largest absolute Gasteiger partial charge is 0.497 e. The molecule has 0 atom stereocenters. The number of aliphatic carboxylic acids is 1. The third-order valence-corrected chi connectivity index (χ3v) is 8.54. The van der Waals surface area contributed by atoms with E-state index in [0.717, 1.165) is 24.2 Å². The summed E-state index contributed by atoms with van der Waals surface area (Å²) in [7, 11) is -2.46. The van der Waals surface area contributed by atoms with Gasteiger partial charge in [-0.3, -0.25) is 9.69 Å². The summed E-state index contributed by atoms with van der Waals surface area (Å²) < 4.78 is 35.7. The van der Waals surface area contributed by atoms with Gasteiger partial charge in [0.15, 0.2) is 14.6 Å². The Labute approximate surface area is 189 Å². The Balaban J connectivity index is 1.71. The maximum absolute atomic E-state index is 13.4. The molecule has 174 valence electrons. The Morgan fingerprint density at radius 2 is 1.62 bits per heavy atom. The van der Waals surface area contributed by atoms with Gasteiger partial charge in [-0.25, -0.2) is 8.42 Å². The summed E-state index contributed by atoms with van der Waals surface area (Å²) >= 11 is 0. The molecule has 0 unspecified atom stereocenters. The van der Waals surface area contributed by atoms with Gasteiger partial charge in [-0.1, -0.05) is 25.5 Å². The van der Waals surface area contributed by atoms with Crippen LogP contribution in [-0.4, -0.2) is 55.9 Å². The molecule has 2 aromatic rings. The lowest BCUT2D eigenvalue weighted by atomic mass is 9.95. The Morgan fingerprint density at radius 3 is 2.16 bits per heavy atom. The molecule has 0 aromatic heterocycles. The molecule has 1 aliphatic heterocycles. The van der Waals surface area contributed by atoms with Gasteiger partial charge in [0, 0.05) is 19.6 Å². The lowest BCUT2D eigenvalue weighted by molar-refractivity contribution is -0.141. The molecule has 7 nitrogen and oxygen atoms in total. The van der Waals surface area contributed by atoms with Crippen molar-refractivity contribution in [1.82, 2.24) is 4.90 Å². The highest BCUT2D eigenvalue weighted by Crippen LogP contribution is 2.37. The summed E-state index contributed by atoms with van der Waals surface area (Å²) in [6, 6.07) is 13.8. The van der Waals surface area contributed by atoms with E-state index in [1.165, 1.54) is 12.1 Å². The monoisotopic (exact) mass is 461 g/mol. The SMILES string of the molecule is CCCCOc1ccc(S(=O)(=O)C2(C(=O)O)CCN(Cc3ccc(OC)cc3)CC2)cc1. The Bertz CT molecular complexity index is 994. The van der Waals surface area contributed by atoms with E-state index in [0.29, 0.717) is 32.0 Å². The molecule has 1 saturated heterocycles. The molecular weight excluding hydrogens is 430 g/mol. The van der Waals surface area contributed by atoms with E-state index >= 15 is 0 Å². The normalized spacial score (nSPS) is 16.4. The first-order chi connectivity index (χ1) is 15.3. The Morgan fingerprint density at radius 1 is 1.03 bits per heavy atom. The first-order valence-corrected chi connectivity index (χ1v) is 12.4. The van der Waals surface area contributed by atoms with E-state index in [9.17, 15) is 18.3 Å². The van der Waals surface area contributed by atoms with Crippen LogP contribution in [0, 0.1) is 0 Å². The molecule has 0 spiro atoms. The van der Waals surface area contributed by atoms with Crippen molar-refractivity contribution in [3.05, 3.63) is 54.1 Å². The summed E-state index contributed by atoms with van der Waals surface area (Å²) in [5, 5.41) is 9.98. The molecule has 0 saturated carbocycles. The van der Waals surface area contributed by atoms with Crippen LogP contribution >= 0.6 is 0 Å². The number of hydrogen-bond donors (Lipinski definition) is 1. The summed E-state index contributed by atoms with van der Waals surface area (Å²) in [5.41, 5.74) is 1.06. The van der Waals surface area contributed by atoms with E-state index < -0.39 is 20.6 Å². The van der Waals surface area contributed by atoms with Crippen molar-refractivity contribution >= 4 is 15.8 Å². The van der Waals surface area contributed by atoms with Gasteiger partial charge in [0.1, 0.15) is 11.5 Å². The van der Waals surface area contributed by atoms with Crippen LogP contribution in [0.2, 0.25) is 0 Å². The molecule has 32 heavy (non-hydrogen) atoms. The summed E-state index contributed by atoms with van der Waals surface area (Å²) in [6.07, 6.45) is 1.99. The van der Waals surface area contributed by atoms with Crippen molar-refractivity contribution in [3.63, 3.8) is 0 Å². The quantitative estimate of drug-likeness (QED) is 0.539. The zero-order valence-corrected chi connectivity index (χ0v) is 19.4. The topological polar surface area (TPSA) is 93.1 Å². The maximum Gasteiger partial charge on any atom is 0.325 e. The fraction of sp³-hybridized carbons (Fsp3) is 0.458. The van der Waals surface area contributed by atoms with Crippen molar-refractivity contribution < 1.29 is 27.8 Å². The number of likely N-dealkylation sites (tertiary alicyclic amines) is 1. The van der Waals surface area contributed by atoms with Crippen molar-refractivity contribution in [2.75, 3.05) is 26.8 Å². The van der Waals surface area contributed by atoms with Crippen LogP contribution in [0.3, 0.4) is 0 Å². The zero-order chi connectivity index (χ0) is 23.2. The highest BCUT2D eigenvalue weighted by Gasteiger charge is 2.53. The minimum Gasteiger partial charge on any atom is -0.497 e. The molecule has 0 bridgehead atoms. The van der Waals surface area contributed by atoms with Gasteiger partial charge in [0.05, 0.1) is 18.6 Å². The van der Waals surface area contributed by atoms with Gasteiger partial charge in [-0.2, -0.15) is 0 Å². The lowest BCUT2D eigenvalue weighted by Gasteiger charge is -2.38. The lowest BCUT2D eigenvalue weighted by Crippen LogP contribution is -2.54. The molecule has 0 aliphatic carbocycles. The minimum absolute atomic E-state index is 0.0198. The molecule has 1 fully saturated rings. The number of methoxy groups -OCH3 is 1. The number of rotatable bonds is 10. The molecule has 2 aromatic carbocycles. The maximum atomic E-state index is 13.4. The second-order valence-electron chi connectivity index (χ2n) is 8.10. The number of carbonyl (C=O) groups is 1. The number of unbranched alkanes of at least 4 members (excludes halogenated alkanes) is 1. The fourth-order valence-corrected chi connectivity index (χ4v) is 5.83. The highest BCUT2D eigenvalue weighted by atomic mass is 32.2. The van der Waals surface area contributed by atoms with Crippen molar-refractivity contribution in [2.45, 2.75) is 48.8 Å². The van der Waals surface area contributed by atoms with Crippen LogP contribution in [0.5, 0.6) is 11.5 Å². The second kappa shape index (κ2) is 10.4. The molecular formula is C24H31NO6S. The van der Waals surface area contributed by atoms with E-state index in [1.54, 1.807) is 19.2 Å². The first-order valence-electron chi connectivity index (χ1n) is 10.9. The number of benzene rings is 2. The smallest absolute Gasteiger partial charge is 0.325 e. The van der Waals surface area contributed by atoms with E-state index in [4.69, 9.17) is 9.47 Å². The van der Waals surface area contributed by atoms with Crippen molar-refractivity contribution in [1.29, 1.82) is 0 Å². The van der Waals surface area contributed by atoms with Gasteiger partial charge < -0.3 is 14.6 Å². The zero-order valence-electron chi connectivity index (χ0n) is 18.6. The third-order valence-electron chi connectivity index (χ3n) is 6.03. The fourth-order valence-electron chi connectivity index (χ4n) is 3.93. The second-order valence-corrected chi connectivity index (χ2v) is 10.4. The summed E-state index contributed by atoms with van der Waals surface area (Å²) in [4.78, 5) is 14.3. The van der Waals surface area contributed by atoms with Crippen molar-refractivity contribution in [2.24, 2.45) is 0 Å². The first kappa shape index (κ1) is 24.1. The standard InChI is InChI=1S/C24H31NO6S/c1-3-4-17-31-21-9-11-22(12-10-21)32(28,29)24(23(26)27)13-15-25(16-14-24)18-19-5-7-20(30-2)8-6-19/h5-12H,3-4,13-18H2,1-2H3,(H,26,27). The highest BCUT2D eigenvalue weighted by molar-refractivity contribution is 7.93. The number of hydrogen-bond acceptors (Lipinski definition) is 6. The van der Waals surface area contributed by atoms with Crippen molar-refractivity contribution in [3.8, 4) is 11.5 Å². The number of ether oxygens (including phenoxy) is 2. The van der Waals surface area contributed by atoms with E-state index in [2.05, 4.69) is 11.8 Å². The average Bonchev–Trinajstić information content (AvgIpc) is 2.80. The van der Waals surface area contributed by atoms with Crippen LogP contribution in [0.4, 0.5) is 0 Å². The van der Waals surface area contributed by atoms with E-state index in [1.807, 2.05) is 24.3 Å².